The largest absolute Gasteiger partial charge is 0.314 e. The molecule has 1 saturated heterocycles. The molecule has 0 saturated carbocycles. The summed E-state index contributed by atoms with van der Waals surface area (Å²) in [7, 11) is 0. The van der Waals surface area contributed by atoms with Crippen LogP contribution >= 0.6 is 0 Å². The normalized spacial score (nSPS) is 19.1. The topological polar surface area (TPSA) is 15.3 Å². The first-order valence-electron chi connectivity index (χ1n) is 6.67. The van der Waals surface area contributed by atoms with Gasteiger partial charge in [-0.3, -0.25) is 4.90 Å². The summed E-state index contributed by atoms with van der Waals surface area (Å²) in [6.45, 7) is 13.7. The van der Waals surface area contributed by atoms with Crippen molar-refractivity contribution in [1.29, 1.82) is 0 Å². The lowest BCUT2D eigenvalue weighted by atomic mass is 9.96. The zero-order valence-corrected chi connectivity index (χ0v) is 11.4. The van der Waals surface area contributed by atoms with Crippen molar-refractivity contribution < 1.29 is 0 Å². The highest BCUT2D eigenvalue weighted by Crippen LogP contribution is 2.16. The Labute approximate surface area is 101 Å². The van der Waals surface area contributed by atoms with Gasteiger partial charge in [-0.1, -0.05) is 25.5 Å². The van der Waals surface area contributed by atoms with Crippen molar-refractivity contribution in [2.75, 3.05) is 26.2 Å². The predicted octanol–water partition coefficient (Wildman–Crippen LogP) is 2.66. The number of nitrogens with zero attached hydrogens (tertiary/aromatic N) is 1. The molecule has 1 rings (SSSR count). The highest BCUT2D eigenvalue weighted by molar-refractivity contribution is 4.95. The summed E-state index contributed by atoms with van der Waals surface area (Å²) in [4.78, 5) is 2.57. The molecule has 16 heavy (non-hydrogen) atoms. The van der Waals surface area contributed by atoms with Crippen LogP contribution in [0.2, 0.25) is 0 Å². The maximum Gasteiger partial charge on any atom is 0.0165 e. The van der Waals surface area contributed by atoms with Crippen LogP contribution in [0.3, 0.4) is 0 Å². The molecule has 0 atom stereocenters. The molecular formula is C14H28N2. The number of hydrogen-bond donors (Lipinski definition) is 1. The third-order valence-corrected chi connectivity index (χ3v) is 3.28. The van der Waals surface area contributed by atoms with E-state index >= 15 is 0 Å². The van der Waals surface area contributed by atoms with E-state index in [9.17, 15) is 0 Å². The first-order chi connectivity index (χ1) is 7.58. The van der Waals surface area contributed by atoms with E-state index in [0.717, 1.165) is 12.5 Å². The van der Waals surface area contributed by atoms with Gasteiger partial charge >= 0.3 is 0 Å². The van der Waals surface area contributed by atoms with Crippen LogP contribution in [-0.2, 0) is 0 Å². The Morgan fingerprint density at radius 2 is 1.94 bits per heavy atom. The van der Waals surface area contributed by atoms with Gasteiger partial charge in [0.2, 0.25) is 0 Å². The lowest BCUT2D eigenvalue weighted by Crippen LogP contribution is -2.38. The van der Waals surface area contributed by atoms with Crippen molar-refractivity contribution in [2.24, 2.45) is 5.92 Å². The van der Waals surface area contributed by atoms with Gasteiger partial charge in [0.05, 0.1) is 0 Å². The maximum absolute atomic E-state index is 3.55. The van der Waals surface area contributed by atoms with E-state index in [4.69, 9.17) is 0 Å². The fraction of sp³-hybridized carbons (Fsp3) is 0.857. The molecule has 1 heterocycles. The third kappa shape index (κ3) is 5.66. The van der Waals surface area contributed by atoms with Gasteiger partial charge in [0.1, 0.15) is 0 Å². The lowest BCUT2D eigenvalue weighted by molar-refractivity contribution is 0.196. The maximum atomic E-state index is 3.55. The first kappa shape index (κ1) is 13.7. The Morgan fingerprint density at radius 1 is 1.31 bits per heavy atom. The van der Waals surface area contributed by atoms with Gasteiger partial charge in [-0.2, -0.15) is 0 Å². The highest BCUT2D eigenvalue weighted by atomic mass is 15.1. The number of piperidine rings is 1. The molecule has 2 nitrogen and oxygen atoms in total. The molecule has 0 unspecified atom stereocenters. The number of allylic oxidation sites excluding steroid dienone is 1. The minimum atomic E-state index is 0.628. The summed E-state index contributed by atoms with van der Waals surface area (Å²) in [6, 6.07) is 0.628. The molecule has 1 N–H and O–H groups in total. The number of nitrogens with one attached hydrogen (secondary N) is 1. The van der Waals surface area contributed by atoms with E-state index in [0.29, 0.717) is 6.04 Å². The summed E-state index contributed by atoms with van der Waals surface area (Å²) in [6.07, 6.45) is 5.05. The Balaban J connectivity index is 2.16. The standard InChI is InChI=1S/C14H28N2/c1-12(2)5-8-16-9-6-14(7-10-16)11-15-13(3)4/h5,13-15H,6-11H2,1-4H3. The van der Waals surface area contributed by atoms with Crippen molar-refractivity contribution in [3.05, 3.63) is 11.6 Å². The van der Waals surface area contributed by atoms with Crippen LogP contribution in [-0.4, -0.2) is 37.1 Å². The molecule has 0 bridgehead atoms. The van der Waals surface area contributed by atoms with Gasteiger partial charge in [0.25, 0.3) is 0 Å². The minimum Gasteiger partial charge on any atom is -0.314 e. The van der Waals surface area contributed by atoms with Gasteiger partial charge in [-0.15, -0.1) is 0 Å². The Bertz CT molecular complexity index is 209. The van der Waals surface area contributed by atoms with Crippen molar-refractivity contribution in [2.45, 2.75) is 46.6 Å². The van der Waals surface area contributed by atoms with Gasteiger partial charge in [0.15, 0.2) is 0 Å². The van der Waals surface area contributed by atoms with Crippen LogP contribution in [0.5, 0.6) is 0 Å². The lowest BCUT2D eigenvalue weighted by Gasteiger charge is -2.31. The molecule has 0 aromatic heterocycles. The van der Waals surface area contributed by atoms with E-state index < -0.39 is 0 Å². The first-order valence-corrected chi connectivity index (χ1v) is 6.67. The average Bonchev–Trinajstić information content (AvgIpc) is 2.25. The Hall–Kier alpha value is -0.340. The molecule has 0 amide bonds. The third-order valence-electron chi connectivity index (χ3n) is 3.28. The number of rotatable bonds is 5. The molecule has 0 aromatic carbocycles. The Kier molecular flexibility index (Phi) is 6.07. The van der Waals surface area contributed by atoms with Crippen molar-refractivity contribution in [3.8, 4) is 0 Å². The van der Waals surface area contributed by atoms with Gasteiger partial charge in [-0.25, -0.2) is 0 Å². The predicted molar refractivity (Wildman–Crippen MR) is 71.7 cm³/mol. The molecule has 0 spiro atoms. The number of likely N-dealkylation sites (tertiary alicyclic amines) is 1. The van der Waals surface area contributed by atoms with Crippen LogP contribution in [0.25, 0.3) is 0 Å². The van der Waals surface area contributed by atoms with Crippen LogP contribution in [0.15, 0.2) is 11.6 Å². The molecule has 94 valence electrons. The summed E-state index contributed by atoms with van der Waals surface area (Å²) in [5.74, 6) is 0.894. The summed E-state index contributed by atoms with van der Waals surface area (Å²) in [5.41, 5.74) is 1.43. The zero-order valence-electron chi connectivity index (χ0n) is 11.4. The molecule has 1 fully saturated rings. The van der Waals surface area contributed by atoms with Crippen molar-refractivity contribution in [1.82, 2.24) is 10.2 Å². The molecule has 1 aliphatic rings. The average molecular weight is 224 g/mol. The zero-order chi connectivity index (χ0) is 12.0. The van der Waals surface area contributed by atoms with E-state index in [2.05, 4.69) is 44.0 Å². The highest BCUT2D eigenvalue weighted by Gasteiger charge is 2.18. The van der Waals surface area contributed by atoms with Crippen LogP contribution in [0.1, 0.15) is 40.5 Å². The SMILES string of the molecule is CC(C)=CCN1CCC(CNC(C)C)CC1. The van der Waals surface area contributed by atoms with Crippen LogP contribution in [0, 0.1) is 5.92 Å². The second-order valence-electron chi connectivity index (χ2n) is 5.59. The minimum absolute atomic E-state index is 0.628. The smallest absolute Gasteiger partial charge is 0.0165 e. The quantitative estimate of drug-likeness (QED) is 0.722. The van der Waals surface area contributed by atoms with Gasteiger partial charge < -0.3 is 5.32 Å². The van der Waals surface area contributed by atoms with E-state index in [-0.39, 0.29) is 0 Å². The van der Waals surface area contributed by atoms with Crippen LogP contribution < -0.4 is 5.32 Å². The van der Waals surface area contributed by atoms with Crippen molar-refractivity contribution in [3.63, 3.8) is 0 Å². The molecule has 2 heteroatoms. The molecule has 0 aliphatic carbocycles. The number of hydrogen-bond acceptors (Lipinski definition) is 2. The molecule has 0 radical (unpaired) electrons. The van der Waals surface area contributed by atoms with E-state index in [1.165, 1.54) is 38.0 Å². The fourth-order valence-corrected chi connectivity index (χ4v) is 2.09. The molecule has 0 aromatic rings. The summed E-state index contributed by atoms with van der Waals surface area (Å²) < 4.78 is 0. The molecular weight excluding hydrogens is 196 g/mol. The van der Waals surface area contributed by atoms with Gasteiger partial charge in [0, 0.05) is 12.6 Å². The summed E-state index contributed by atoms with van der Waals surface area (Å²) in [5, 5.41) is 3.55. The van der Waals surface area contributed by atoms with Gasteiger partial charge in [-0.05, 0) is 52.2 Å². The monoisotopic (exact) mass is 224 g/mol. The Morgan fingerprint density at radius 3 is 2.44 bits per heavy atom. The van der Waals surface area contributed by atoms with Crippen molar-refractivity contribution >= 4 is 0 Å². The van der Waals surface area contributed by atoms with E-state index in [1.54, 1.807) is 0 Å². The van der Waals surface area contributed by atoms with E-state index in [1.807, 2.05) is 0 Å². The fourth-order valence-electron chi connectivity index (χ4n) is 2.09. The molecule has 1 aliphatic heterocycles. The summed E-state index contributed by atoms with van der Waals surface area (Å²) >= 11 is 0. The van der Waals surface area contributed by atoms with Crippen LogP contribution in [0.4, 0.5) is 0 Å². The second kappa shape index (κ2) is 7.08. The second-order valence-corrected chi connectivity index (χ2v) is 5.59.